The molecule has 1 saturated heterocycles. The van der Waals surface area contributed by atoms with E-state index in [1.807, 2.05) is 30.9 Å². The highest BCUT2D eigenvalue weighted by atomic mass is 19.4. The van der Waals surface area contributed by atoms with Gasteiger partial charge in [0.25, 0.3) is 0 Å². The normalized spacial score (nSPS) is 14.9. The second kappa shape index (κ2) is 11.3. The predicted octanol–water partition coefficient (Wildman–Crippen LogP) is 3.23. The van der Waals surface area contributed by atoms with Gasteiger partial charge in [-0.25, -0.2) is 4.79 Å². The van der Waals surface area contributed by atoms with Gasteiger partial charge in [-0.1, -0.05) is 29.8 Å². The molecule has 0 atom stereocenters. The number of rotatable bonds is 6. The number of piperazine rings is 1. The van der Waals surface area contributed by atoms with Crippen molar-refractivity contribution in [1.82, 2.24) is 15.1 Å². The molecular weight excluding hydrogens is 463 g/mol. The Morgan fingerprint density at radius 3 is 2.03 bits per heavy atom. The molecule has 1 fully saturated rings. The number of hydrogen-bond donors (Lipinski definition) is 3. The van der Waals surface area contributed by atoms with Crippen molar-refractivity contribution >= 4 is 29.2 Å². The van der Waals surface area contributed by atoms with E-state index in [9.17, 15) is 27.6 Å². The van der Waals surface area contributed by atoms with Crippen molar-refractivity contribution < 1.29 is 27.6 Å². The first-order chi connectivity index (χ1) is 16.5. The van der Waals surface area contributed by atoms with E-state index in [0.29, 0.717) is 31.9 Å². The third-order valence-electron chi connectivity index (χ3n) is 5.59. The van der Waals surface area contributed by atoms with Crippen LogP contribution in [0.4, 0.5) is 29.3 Å². The van der Waals surface area contributed by atoms with Crippen LogP contribution in [0.3, 0.4) is 0 Å². The van der Waals surface area contributed by atoms with Gasteiger partial charge in [0, 0.05) is 31.9 Å². The van der Waals surface area contributed by atoms with Crippen LogP contribution in [0.2, 0.25) is 0 Å². The first kappa shape index (κ1) is 26.2. The lowest BCUT2D eigenvalue weighted by atomic mass is 10.1. The van der Waals surface area contributed by atoms with E-state index in [2.05, 4.69) is 16.0 Å². The predicted molar refractivity (Wildman–Crippen MR) is 126 cm³/mol. The van der Waals surface area contributed by atoms with E-state index >= 15 is 0 Å². The number of carbonyl (C=O) groups excluding carboxylic acids is 3. The van der Waals surface area contributed by atoms with E-state index in [1.54, 1.807) is 11.0 Å². The summed E-state index contributed by atoms with van der Waals surface area (Å²) in [5.74, 6) is -1.00. The Labute approximate surface area is 201 Å². The molecule has 188 valence electrons. The van der Waals surface area contributed by atoms with Gasteiger partial charge in [-0.05, 0) is 37.6 Å². The van der Waals surface area contributed by atoms with E-state index in [-0.39, 0.29) is 18.8 Å². The standard InChI is InChI=1S/C24H28F3N5O3/c1-16-7-8-19(17(2)13-16)29-23(35)30-22(34)15-32-11-9-31(10-12-32)14-21(33)28-20-6-4-3-5-18(20)24(25,26)27/h3-8,13H,9-12,14-15H2,1-2H3,(H,28,33)(H2,29,30,34,35). The summed E-state index contributed by atoms with van der Waals surface area (Å²) >= 11 is 0. The van der Waals surface area contributed by atoms with Crippen molar-refractivity contribution in [3.63, 3.8) is 0 Å². The largest absolute Gasteiger partial charge is 0.418 e. The number of benzene rings is 2. The zero-order valence-electron chi connectivity index (χ0n) is 19.5. The number of para-hydroxylation sites is 1. The summed E-state index contributed by atoms with van der Waals surface area (Å²) in [5, 5.41) is 7.29. The number of nitrogens with zero attached hydrogens (tertiary/aromatic N) is 2. The molecule has 11 heteroatoms. The van der Waals surface area contributed by atoms with Gasteiger partial charge in [0.1, 0.15) is 0 Å². The molecule has 0 aromatic heterocycles. The number of anilines is 2. The number of halogens is 3. The molecule has 0 spiro atoms. The fraction of sp³-hybridized carbons (Fsp3) is 0.375. The summed E-state index contributed by atoms with van der Waals surface area (Å²) in [6, 6.07) is 9.76. The lowest BCUT2D eigenvalue weighted by Gasteiger charge is -2.33. The van der Waals surface area contributed by atoms with Gasteiger partial charge in [0.05, 0.1) is 24.3 Å². The number of imide groups is 1. The van der Waals surface area contributed by atoms with Crippen LogP contribution in [-0.4, -0.2) is 66.9 Å². The molecule has 2 aromatic rings. The van der Waals surface area contributed by atoms with Crippen molar-refractivity contribution in [3.8, 4) is 0 Å². The zero-order valence-corrected chi connectivity index (χ0v) is 19.5. The van der Waals surface area contributed by atoms with Crippen LogP contribution < -0.4 is 16.0 Å². The Bertz CT molecular complexity index is 1080. The Morgan fingerprint density at radius 2 is 1.43 bits per heavy atom. The number of carbonyl (C=O) groups is 3. The van der Waals surface area contributed by atoms with Gasteiger partial charge >= 0.3 is 12.2 Å². The number of nitrogens with one attached hydrogen (secondary N) is 3. The molecule has 1 aliphatic heterocycles. The molecule has 0 radical (unpaired) electrons. The van der Waals surface area contributed by atoms with E-state index in [0.717, 1.165) is 17.2 Å². The first-order valence-corrected chi connectivity index (χ1v) is 11.1. The summed E-state index contributed by atoms with van der Waals surface area (Å²) in [6.45, 7) is 5.60. The molecule has 3 N–H and O–H groups in total. The summed E-state index contributed by atoms with van der Waals surface area (Å²) in [6.07, 6.45) is -4.56. The maximum Gasteiger partial charge on any atom is 0.418 e. The fourth-order valence-electron chi connectivity index (χ4n) is 3.81. The minimum atomic E-state index is -4.56. The second-order valence-corrected chi connectivity index (χ2v) is 8.46. The fourth-order valence-corrected chi connectivity index (χ4v) is 3.81. The molecule has 1 heterocycles. The van der Waals surface area contributed by atoms with Crippen molar-refractivity contribution in [2.45, 2.75) is 20.0 Å². The SMILES string of the molecule is Cc1ccc(NC(=O)NC(=O)CN2CCN(CC(=O)Nc3ccccc3C(F)(F)F)CC2)c(C)c1. The quantitative estimate of drug-likeness (QED) is 0.577. The Morgan fingerprint density at radius 1 is 0.829 bits per heavy atom. The monoisotopic (exact) mass is 491 g/mol. The number of alkyl halides is 3. The first-order valence-electron chi connectivity index (χ1n) is 11.1. The van der Waals surface area contributed by atoms with Crippen LogP contribution in [0.5, 0.6) is 0 Å². The average Bonchev–Trinajstić information content (AvgIpc) is 2.76. The summed E-state index contributed by atoms with van der Waals surface area (Å²) in [5.41, 5.74) is 1.39. The highest BCUT2D eigenvalue weighted by Crippen LogP contribution is 2.34. The van der Waals surface area contributed by atoms with E-state index in [4.69, 9.17) is 0 Å². The third kappa shape index (κ3) is 7.79. The highest BCUT2D eigenvalue weighted by molar-refractivity contribution is 6.02. The molecule has 1 aliphatic rings. The minimum Gasteiger partial charge on any atom is -0.324 e. The van der Waals surface area contributed by atoms with Gasteiger partial charge in [-0.3, -0.25) is 24.7 Å². The molecular formula is C24H28F3N5O3. The van der Waals surface area contributed by atoms with Crippen molar-refractivity contribution in [3.05, 3.63) is 59.2 Å². The number of urea groups is 1. The molecule has 4 amide bonds. The molecule has 0 bridgehead atoms. The average molecular weight is 492 g/mol. The van der Waals surface area contributed by atoms with Crippen LogP contribution in [0.15, 0.2) is 42.5 Å². The van der Waals surface area contributed by atoms with Gasteiger partial charge < -0.3 is 10.6 Å². The van der Waals surface area contributed by atoms with Gasteiger partial charge in [0.2, 0.25) is 11.8 Å². The van der Waals surface area contributed by atoms with Crippen molar-refractivity contribution in [2.24, 2.45) is 0 Å². The number of aryl methyl sites for hydroxylation is 2. The lowest BCUT2D eigenvalue weighted by molar-refractivity contribution is -0.137. The Balaban J connectivity index is 1.41. The molecule has 35 heavy (non-hydrogen) atoms. The molecule has 0 unspecified atom stereocenters. The maximum absolute atomic E-state index is 13.1. The third-order valence-corrected chi connectivity index (χ3v) is 5.59. The molecule has 2 aromatic carbocycles. The zero-order chi connectivity index (χ0) is 25.6. The molecule has 3 rings (SSSR count). The van der Waals surface area contributed by atoms with Crippen LogP contribution in [0, 0.1) is 13.8 Å². The minimum absolute atomic E-state index is 0.0132. The molecule has 0 aliphatic carbocycles. The van der Waals surface area contributed by atoms with Crippen LogP contribution in [0.25, 0.3) is 0 Å². The highest BCUT2D eigenvalue weighted by Gasteiger charge is 2.33. The van der Waals surface area contributed by atoms with Crippen LogP contribution in [-0.2, 0) is 15.8 Å². The van der Waals surface area contributed by atoms with Crippen molar-refractivity contribution in [1.29, 1.82) is 0 Å². The van der Waals surface area contributed by atoms with Crippen LogP contribution in [0.1, 0.15) is 16.7 Å². The molecule has 0 saturated carbocycles. The summed E-state index contributed by atoms with van der Waals surface area (Å²) in [7, 11) is 0. The van der Waals surface area contributed by atoms with Crippen molar-refractivity contribution in [2.75, 3.05) is 49.9 Å². The Kier molecular flexibility index (Phi) is 8.47. The van der Waals surface area contributed by atoms with Gasteiger partial charge in [0.15, 0.2) is 0 Å². The second-order valence-electron chi connectivity index (χ2n) is 8.46. The summed E-state index contributed by atoms with van der Waals surface area (Å²) in [4.78, 5) is 40.3. The smallest absolute Gasteiger partial charge is 0.324 e. The van der Waals surface area contributed by atoms with Gasteiger partial charge in [-0.15, -0.1) is 0 Å². The van der Waals surface area contributed by atoms with E-state index < -0.39 is 29.6 Å². The summed E-state index contributed by atoms with van der Waals surface area (Å²) < 4.78 is 39.3. The number of amides is 4. The molecule has 8 nitrogen and oxygen atoms in total. The van der Waals surface area contributed by atoms with E-state index in [1.165, 1.54) is 18.2 Å². The topological polar surface area (TPSA) is 93.8 Å². The Hall–Kier alpha value is -3.44. The lowest BCUT2D eigenvalue weighted by Crippen LogP contribution is -2.51. The van der Waals surface area contributed by atoms with Crippen LogP contribution >= 0.6 is 0 Å². The van der Waals surface area contributed by atoms with Gasteiger partial charge in [-0.2, -0.15) is 13.2 Å². The maximum atomic E-state index is 13.1. The number of hydrogen-bond acceptors (Lipinski definition) is 5.